The summed E-state index contributed by atoms with van der Waals surface area (Å²) in [6.45, 7) is 1.93. The van der Waals surface area contributed by atoms with Crippen LogP contribution in [0.25, 0.3) is 0 Å². The fourth-order valence-electron chi connectivity index (χ4n) is 4.28. The summed E-state index contributed by atoms with van der Waals surface area (Å²) >= 11 is 5.56. The first-order valence-electron chi connectivity index (χ1n) is 11.8. The molecular formula is C26H28F5NO4S. The molecule has 0 unspecified atom stereocenters. The zero-order chi connectivity index (χ0) is 27.2. The van der Waals surface area contributed by atoms with Crippen LogP contribution in [0.1, 0.15) is 51.5 Å². The summed E-state index contributed by atoms with van der Waals surface area (Å²) in [7, 11) is 0. The Hall–Kier alpha value is -2.95. The Labute approximate surface area is 217 Å². The van der Waals surface area contributed by atoms with Crippen molar-refractivity contribution in [3.05, 3.63) is 48.0 Å². The number of rotatable bonds is 10. The molecule has 0 radical (unpaired) electrons. The van der Waals surface area contributed by atoms with Crippen molar-refractivity contribution in [2.24, 2.45) is 5.92 Å². The predicted molar refractivity (Wildman–Crippen MR) is 132 cm³/mol. The van der Waals surface area contributed by atoms with Crippen LogP contribution < -0.4 is 19.5 Å². The van der Waals surface area contributed by atoms with E-state index in [1.165, 1.54) is 19.1 Å². The zero-order valence-corrected chi connectivity index (χ0v) is 21.2. The van der Waals surface area contributed by atoms with E-state index in [0.717, 1.165) is 35.4 Å². The van der Waals surface area contributed by atoms with Crippen molar-refractivity contribution in [3.63, 3.8) is 0 Å². The Kier molecular flexibility index (Phi) is 9.33. The lowest BCUT2D eigenvalue weighted by molar-refractivity contribution is -0.274. The Bertz CT molecular complexity index is 1100. The van der Waals surface area contributed by atoms with Crippen LogP contribution in [-0.4, -0.2) is 29.3 Å². The minimum atomic E-state index is -4.85. The molecule has 1 aliphatic carbocycles. The fraction of sp³-hybridized carbons (Fsp3) is 0.462. The Morgan fingerprint density at radius 2 is 1.68 bits per heavy atom. The number of halogens is 5. The van der Waals surface area contributed by atoms with Crippen molar-refractivity contribution in [2.45, 2.75) is 70.9 Å². The van der Waals surface area contributed by atoms with Gasteiger partial charge in [-0.3, -0.25) is 4.79 Å². The number of alkyl halides is 5. The molecule has 0 atom stereocenters. The second-order valence-electron chi connectivity index (χ2n) is 9.12. The molecule has 11 heteroatoms. The van der Waals surface area contributed by atoms with Crippen LogP contribution in [0.5, 0.6) is 17.2 Å². The second kappa shape index (κ2) is 12.1. The fourth-order valence-corrected chi connectivity index (χ4v) is 4.68. The van der Waals surface area contributed by atoms with Gasteiger partial charge in [0.15, 0.2) is 0 Å². The number of thiocarbonyl (C=S) groups is 1. The van der Waals surface area contributed by atoms with Gasteiger partial charge in [0.05, 0.1) is 11.8 Å². The van der Waals surface area contributed by atoms with Crippen LogP contribution in [0.3, 0.4) is 0 Å². The molecule has 2 aromatic carbocycles. The van der Waals surface area contributed by atoms with E-state index in [4.69, 9.17) is 17.0 Å². The molecule has 1 saturated carbocycles. The van der Waals surface area contributed by atoms with Crippen LogP contribution in [0, 0.1) is 5.92 Å². The van der Waals surface area contributed by atoms with Crippen LogP contribution in [0.4, 0.5) is 27.6 Å². The van der Waals surface area contributed by atoms with Crippen molar-refractivity contribution in [3.8, 4) is 17.2 Å². The highest BCUT2D eigenvalue weighted by molar-refractivity contribution is 7.80. The van der Waals surface area contributed by atoms with Gasteiger partial charge in [-0.25, -0.2) is 0 Å². The highest BCUT2D eigenvalue weighted by Gasteiger charge is 2.32. The number of ether oxygens (including phenoxy) is 3. The third kappa shape index (κ3) is 10.1. The molecule has 0 aromatic heterocycles. The number of anilines is 1. The van der Waals surface area contributed by atoms with E-state index < -0.39 is 24.1 Å². The van der Waals surface area contributed by atoms with Gasteiger partial charge in [0.1, 0.15) is 17.2 Å². The monoisotopic (exact) mass is 545 g/mol. The summed E-state index contributed by atoms with van der Waals surface area (Å²) in [6.07, 6.45) is -4.01. The summed E-state index contributed by atoms with van der Waals surface area (Å²) in [6, 6.07) is 10.1. The van der Waals surface area contributed by atoms with E-state index in [0.29, 0.717) is 38.5 Å². The summed E-state index contributed by atoms with van der Waals surface area (Å²) in [5.41, 5.74) is 0.900. The number of amides is 1. The molecule has 1 N–H and O–H groups in total. The molecular weight excluding hydrogens is 517 g/mol. The lowest BCUT2D eigenvalue weighted by Gasteiger charge is -2.30. The maximum atomic E-state index is 13.1. The smallest absolute Gasteiger partial charge is 0.488 e. The molecule has 1 aliphatic rings. The lowest BCUT2D eigenvalue weighted by Crippen LogP contribution is -2.26. The molecule has 1 fully saturated rings. The average molecular weight is 546 g/mol. The molecule has 5 nitrogen and oxygen atoms in total. The summed E-state index contributed by atoms with van der Waals surface area (Å²) in [5, 5.41) is 2.48. The van der Waals surface area contributed by atoms with Gasteiger partial charge in [-0.15, -0.1) is 13.2 Å². The normalized spacial score (nSPS) is 18.1. The molecule has 202 valence electrons. The number of hydrogen-bond donors (Lipinski definition) is 1. The van der Waals surface area contributed by atoms with Gasteiger partial charge in [-0.1, -0.05) is 24.4 Å². The number of carbonyl (C=O) groups is 1. The topological polar surface area (TPSA) is 56.8 Å². The molecule has 3 rings (SSSR count). The first-order chi connectivity index (χ1) is 17.3. The van der Waals surface area contributed by atoms with Gasteiger partial charge in [0.2, 0.25) is 5.91 Å². The van der Waals surface area contributed by atoms with Gasteiger partial charge < -0.3 is 19.5 Å². The van der Waals surface area contributed by atoms with E-state index in [-0.39, 0.29) is 23.3 Å². The number of hydrogen-bond acceptors (Lipinski definition) is 5. The van der Waals surface area contributed by atoms with Crippen molar-refractivity contribution < 1.29 is 41.0 Å². The molecule has 0 heterocycles. The summed E-state index contributed by atoms with van der Waals surface area (Å²) in [5.74, 6) is -0.220. The van der Waals surface area contributed by atoms with Gasteiger partial charge in [0.25, 0.3) is 0 Å². The first-order valence-corrected chi connectivity index (χ1v) is 12.2. The van der Waals surface area contributed by atoms with Gasteiger partial charge in [-0.05, 0) is 72.7 Å². The zero-order valence-electron chi connectivity index (χ0n) is 20.4. The quantitative estimate of drug-likeness (QED) is 0.248. The second-order valence-corrected chi connectivity index (χ2v) is 9.70. The van der Waals surface area contributed by atoms with Crippen LogP contribution in [0.2, 0.25) is 0 Å². The Morgan fingerprint density at radius 3 is 2.30 bits per heavy atom. The third-order valence-corrected chi connectivity index (χ3v) is 6.01. The lowest BCUT2D eigenvalue weighted by atomic mass is 9.84. The molecule has 0 bridgehead atoms. The predicted octanol–water partition coefficient (Wildman–Crippen LogP) is 7.48. The highest BCUT2D eigenvalue weighted by Crippen LogP contribution is 2.36. The molecule has 1 amide bonds. The maximum Gasteiger partial charge on any atom is 0.573 e. The van der Waals surface area contributed by atoms with Gasteiger partial charge in [-0.2, -0.15) is 8.78 Å². The van der Waals surface area contributed by atoms with Crippen LogP contribution >= 0.6 is 12.2 Å². The largest absolute Gasteiger partial charge is 0.573 e. The minimum absolute atomic E-state index is 0.0853. The molecule has 0 spiro atoms. The first kappa shape index (κ1) is 28.6. The summed E-state index contributed by atoms with van der Waals surface area (Å²) in [4.78, 5) is 12.3. The van der Waals surface area contributed by atoms with Crippen LogP contribution in [0.15, 0.2) is 42.5 Å². The Morgan fingerprint density at radius 1 is 1.00 bits per heavy atom. The Balaban J connectivity index is 1.52. The highest BCUT2D eigenvalue weighted by atomic mass is 32.1. The third-order valence-electron chi connectivity index (χ3n) is 5.70. The van der Waals surface area contributed by atoms with Crippen molar-refractivity contribution in [1.82, 2.24) is 0 Å². The van der Waals surface area contributed by atoms with E-state index in [1.807, 2.05) is 6.07 Å². The number of carbonyl (C=O) groups excluding carboxylic acids is 1. The van der Waals surface area contributed by atoms with E-state index in [1.54, 1.807) is 12.1 Å². The van der Waals surface area contributed by atoms with Gasteiger partial charge in [0, 0.05) is 26.3 Å². The van der Waals surface area contributed by atoms with E-state index in [2.05, 4.69) is 14.8 Å². The SMILES string of the molecule is CC(=O)Nc1cc(OC(F)(F)F)ccc1OC1CCC(CC(=S)Cc2cccc(OC(C)(F)F)c2)CC1. The van der Waals surface area contributed by atoms with Gasteiger partial charge >= 0.3 is 12.5 Å². The van der Waals surface area contributed by atoms with Crippen molar-refractivity contribution in [1.29, 1.82) is 0 Å². The van der Waals surface area contributed by atoms with E-state index in [9.17, 15) is 26.7 Å². The summed E-state index contributed by atoms with van der Waals surface area (Å²) < 4.78 is 78.4. The van der Waals surface area contributed by atoms with E-state index >= 15 is 0 Å². The maximum absolute atomic E-state index is 13.1. The molecule has 0 aliphatic heterocycles. The number of nitrogens with one attached hydrogen (secondary N) is 1. The standard InChI is InChI=1S/C26H28F5NO4S/c1-16(33)32-23-15-21(36-26(29,30)31)10-11-24(23)34-19-8-6-17(7-9-19)13-22(37)14-18-4-3-5-20(12-18)35-25(2,27)28/h3-5,10-12,15,17,19H,6-9,13-14H2,1-2H3,(H,32,33). The molecule has 2 aromatic rings. The minimum Gasteiger partial charge on any atom is -0.488 e. The van der Waals surface area contributed by atoms with Crippen molar-refractivity contribution in [2.75, 3.05) is 5.32 Å². The number of benzene rings is 2. The average Bonchev–Trinajstić information content (AvgIpc) is 2.74. The molecule has 0 saturated heterocycles. The van der Waals surface area contributed by atoms with Crippen molar-refractivity contribution >= 4 is 28.7 Å². The van der Waals surface area contributed by atoms with Crippen LogP contribution in [-0.2, 0) is 11.2 Å². The molecule has 37 heavy (non-hydrogen) atoms.